The molecule has 4 rings (SSSR count). The van der Waals surface area contributed by atoms with E-state index in [1.165, 1.54) is 0 Å². The van der Waals surface area contributed by atoms with Crippen molar-refractivity contribution in [2.24, 2.45) is 5.73 Å². The molecule has 0 fully saturated rings. The maximum Gasteiger partial charge on any atom is 0.251 e. The molecule has 0 aliphatic carbocycles. The number of aromatic nitrogens is 1. The van der Waals surface area contributed by atoms with Crippen molar-refractivity contribution < 1.29 is 14.4 Å². The van der Waals surface area contributed by atoms with Crippen LogP contribution in [0, 0.1) is 6.92 Å². The van der Waals surface area contributed by atoms with Crippen molar-refractivity contribution in [3.63, 3.8) is 0 Å². The molecule has 0 radical (unpaired) electrons. The first-order chi connectivity index (χ1) is 16.9. The van der Waals surface area contributed by atoms with Gasteiger partial charge in [-0.25, -0.2) is 0 Å². The summed E-state index contributed by atoms with van der Waals surface area (Å²) >= 11 is 0. The standard InChI is InChI=1S/C28H26N4O3/c1-18-23(27(20-7-3-2-4-8-20)22-9-5-6-10-24(22)32-18)15-26(34)30-16-19-11-13-21(14-12-19)28(35)31-17-25(29)33/h2-14H,15-17H2,1H3,(H2,29,33)(H,30,34)(H,31,35). The third-order valence-corrected chi connectivity index (χ3v) is 5.73. The first-order valence-corrected chi connectivity index (χ1v) is 11.3. The third kappa shape index (κ3) is 5.70. The summed E-state index contributed by atoms with van der Waals surface area (Å²) in [5.41, 5.74) is 11.0. The van der Waals surface area contributed by atoms with E-state index in [9.17, 15) is 14.4 Å². The summed E-state index contributed by atoms with van der Waals surface area (Å²) in [7, 11) is 0. The Labute approximate surface area is 203 Å². The predicted molar refractivity (Wildman–Crippen MR) is 135 cm³/mol. The minimum Gasteiger partial charge on any atom is -0.368 e. The summed E-state index contributed by atoms with van der Waals surface area (Å²) in [6, 6.07) is 24.8. The molecule has 0 unspecified atom stereocenters. The second-order valence-corrected chi connectivity index (χ2v) is 8.23. The molecule has 7 heteroatoms. The van der Waals surface area contributed by atoms with Crippen LogP contribution in [-0.4, -0.2) is 29.3 Å². The fourth-order valence-corrected chi connectivity index (χ4v) is 3.99. The molecule has 7 nitrogen and oxygen atoms in total. The number of carbonyl (C=O) groups excluding carboxylic acids is 3. The van der Waals surface area contributed by atoms with Crippen LogP contribution >= 0.6 is 0 Å². The molecule has 4 aromatic rings. The SMILES string of the molecule is Cc1nc2ccccc2c(-c2ccccc2)c1CC(=O)NCc1ccc(C(=O)NCC(N)=O)cc1. The van der Waals surface area contributed by atoms with Gasteiger partial charge in [-0.3, -0.25) is 19.4 Å². The molecule has 0 bridgehead atoms. The lowest BCUT2D eigenvalue weighted by Gasteiger charge is -2.16. The molecule has 1 aromatic heterocycles. The molecule has 0 atom stereocenters. The van der Waals surface area contributed by atoms with Crippen molar-refractivity contribution in [3.8, 4) is 11.1 Å². The van der Waals surface area contributed by atoms with Crippen LogP contribution in [0.15, 0.2) is 78.9 Å². The number of nitrogens with two attached hydrogens (primary N) is 1. The van der Waals surface area contributed by atoms with Gasteiger partial charge in [-0.1, -0.05) is 60.7 Å². The van der Waals surface area contributed by atoms with E-state index in [1.807, 2.05) is 61.5 Å². The summed E-state index contributed by atoms with van der Waals surface area (Å²) in [6.07, 6.45) is 0.196. The normalized spacial score (nSPS) is 10.7. The number of nitrogens with zero attached hydrogens (tertiary/aromatic N) is 1. The molecule has 3 amide bonds. The average molecular weight is 467 g/mol. The van der Waals surface area contributed by atoms with E-state index in [2.05, 4.69) is 10.6 Å². The zero-order valence-corrected chi connectivity index (χ0v) is 19.4. The van der Waals surface area contributed by atoms with Crippen LogP contribution in [-0.2, 0) is 22.6 Å². The highest BCUT2D eigenvalue weighted by Crippen LogP contribution is 2.33. The lowest BCUT2D eigenvalue weighted by atomic mass is 9.92. The number of hydrogen-bond donors (Lipinski definition) is 3. The van der Waals surface area contributed by atoms with Gasteiger partial charge in [0.25, 0.3) is 5.91 Å². The number of benzene rings is 3. The Hall–Kier alpha value is -4.52. The number of pyridine rings is 1. The second-order valence-electron chi connectivity index (χ2n) is 8.23. The molecule has 35 heavy (non-hydrogen) atoms. The zero-order chi connectivity index (χ0) is 24.8. The predicted octanol–water partition coefficient (Wildman–Crippen LogP) is 3.28. The minimum absolute atomic E-state index is 0.120. The van der Waals surface area contributed by atoms with Crippen LogP contribution in [0.2, 0.25) is 0 Å². The Balaban J connectivity index is 1.49. The molecule has 176 valence electrons. The van der Waals surface area contributed by atoms with Gasteiger partial charge < -0.3 is 16.4 Å². The van der Waals surface area contributed by atoms with Gasteiger partial charge in [-0.2, -0.15) is 0 Å². The van der Waals surface area contributed by atoms with Crippen molar-refractivity contribution in [3.05, 3.63) is 101 Å². The van der Waals surface area contributed by atoms with Crippen molar-refractivity contribution in [1.82, 2.24) is 15.6 Å². The van der Waals surface area contributed by atoms with Gasteiger partial charge in [0.2, 0.25) is 11.8 Å². The highest BCUT2D eigenvalue weighted by molar-refractivity contribution is 5.98. The van der Waals surface area contributed by atoms with E-state index in [1.54, 1.807) is 24.3 Å². The van der Waals surface area contributed by atoms with Gasteiger partial charge in [-0.05, 0) is 47.4 Å². The Kier molecular flexibility index (Phi) is 7.16. The highest BCUT2D eigenvalue weighted by Gasteiger charge is 2.17. The summed E-state index contributed by atoms with van der Waals surface area (Å²) < 4.78 is 0. The Bertz CT molecular complexity index is 1380. The van der Waals surface area contributed by atoms with E-state index in [-0.39, 0.29) is 24.8 Å². The maximum atomic E-state index is 12.9. The van der Waals surface area contributed by atoms with Crippen LogP contribution in [0.25, 0.3) is 22.0 Å². The first kappa shape index (κ1) is 23.6. The van der Waals surface area contributed by atoms with Crippen molar-refractivity contribution in [1.29, 1.82) is 0 Å². The van der Waals surface area contributed by atoms with E-state index in [0.29, 0.717) is 12.1 Å². The number of amides is 3. The van der Waals surface area contributed by atoms with E-state index >= 15 is 0 Å². The number of hydrogen-bond acceptors (Lipinski definition) is 4. The lowest BCUT2D eigenvalue weighted by molar-refractivity contribution is -0.120. The van der Waals surface area contributed by atoms with E-state index in [0.717, 1.165) is 38.9 Å². The Morgan fingerprint density at radius 3 is 2.26 bits per heavy atom. The van der Waals surface area contributed by atoms with E-state index < -0.39 is 5.91 Å². The zero-order valence-electron chi connectivity index (χ0n) is 19.4. The molecule has 0 spiro atoms. The van der Waals surface area contributed by atoms with Crippen molar-refractivity contribution >= 4 is 28.6 Å². The fraction of sp³-hybridized carbons (Fsp3) is 0.143. The number of para-hydroxylation sites is 1. The minimum atomic E-state index is -0.607. The average Bonchev–Trinajstić information content (AvgIpc) is 2.87. The van der Waals surface area contributed by atoms with Crippen LogP contribution in [0.4, 0.5) is 0 Å². The molecular weight excluding hydrogens is 440 g/mol. The van der Waals surface area contributed by atoms with E-state index in [4.69, 9.17) is 10.7 Å². The van der Waals surface area contributed by atoms with Crippen LogP contribution < -0.4 is 16.4 Å². The Morgan fingerprint density at radius 1 is 0.857 bits per heavy atom. The van der Waals surface area contributed by atoms with Gasteiger partial charge in [0, 0.05) is 23.2 Å². The van der Waals surface area contributed by atoms with Crippen molar-refractivity contribution in [2.75, 3.05) is 6.54 Å². The highest BCUT2D eigenvalue weighted by atomic mass is 16.2. The third-order valence-electron chi connectivity index (χ3n) is 5.73. The van der Waals surface area contributed by atoms with Gasteiger partial charge in [0.15, 0.2) is 0 Å². The van der Waals surface area contributed by atoms with Crippen LogP contribution in [0.5, 0.6) is 0 Å². The first-order valence-electron chi connectivity index (χ1n) is 11.3. The Morgan fingerprint density at radius 2 is 1.54 bits per heavy atom. The van der Waals surface area contributed by atoms with Crippen LogP contribution in [0.1, 0.15) is 27.2 Å². The summed E-state index contributed by atoms with van der Waals surface area (Å²) in [6.45, 7) is 2.04. The summed E-state index contributed by atoms with van der Waals surface area (Å²) in [4.78, 5) is 40.5. The van der Waals surface area contributed by atoms with Crippen molar-refractivity contribution in [2.45, 2.75) is 19.9 Å². The number of rotatable bonds is 8. The van der Waals surface area contributed by atoms with Gasteiger partial charge in [-0.15, -0.1) is 0 Å². The van der Waals surface area contributed by atoms with Crippen LogP contribution in [0.3, 0.4) is 0 Å². The summed E-state index contributed by atoms with van der Waals surface area (Å²) in [5, 5.41) is 6.42. The fourth-order valence-electron chi connectivity index (χ4n) is 3.99. The largest absolute Gasteiger partial charge is 0.368 e. The second kappa shape index (κ2) is 10.6. The molecule has 0 aliphatic rings. The van der Waals surface area contributed by atoms with Gasteiger partial charge in [0.05, 0.1) is 18.5 Å². The number of aryl methyl sites for hydroxylation is 1. The molecule has 0 aliphatic heterocycles. The number of fused-ring (bicyclic) bond motifs is 1. The number of carbonyl (C=O) groups is 3. The molecule has 0 saturated heterocycles. The molecule has 1 heterocycles. The van der Waals surface area contributed by atoms with Gasteiger partial charge in [0.1, 0.15) is 0 Å². The molecule has 0 saturated carbocycles. The molecule has 4 N–H and O–H groups in total. The number of primary amides is 1. The molecule has 3 aromatic carbocycles. The lowest BCUT2D eigenvalue weighted by Crippen LogP contribution is -2.33. The topological polar surface area (TPSA) is 114 Å². The quantitative estimate of drug-likeness (QED) is 0.370. The number of nitrogens with one attached hydrogen (secondary N) is 2. The summed E-state index contributed by atoms with van der Waals surface area (Å²) in [5.74, 6) is -1.11. The monoisotopic (exact) mass is 466 g/mol. The van der Waals surface area contributed by atoms with Gasteiger partial charge >= 0.3 is 0 Å². The molecular formula is C28H26N4O3. The maximum absolute atomic E-state index is 12.9. The smallest absolute Gasteiger partial charge is 0.251 e.